The van der Waals surface area contributed by atoms with Gasteiger partial charge in [-0.1, -0.05) is 24.3 Å². The Morgan fingerprint density at radius 1 is 0.955 bits per heavy atom. The van der Waals surface area contributed by atoms with E-state index in [9.17, 15) is 0 Å². The Bertz CT molecular complexity index is 1100. The van der Waals surface area contributed by atoms with Crippen molar-refractivity contribution in [2.24, 2.45) is 0 Å². The van der Waals surface area contributed by atoms with Gasteiger partial charge in [0.25, 0.3) is 5.65 Å². The first kappa shape index (κ1) is 11.2. The normalized spacial score (nSPS) is 16.2. The van der Waals surface area contributed by atoms with E-state index >= 15 is 0 Å². The van der Waals surface area contributed by atoms with Gasteiger partial charge in [-0.15, -0.1) is 0 Å². The van der Waals surface area contributed by atoms with Gasteiger partial charge in [-0.3, -0.25) is 0 Å². The first-order valence-electron chi connectivity index (χ1n) is 8.30. The molecule has 0 radical (unpaired) electrons. The smallest absolute Gasteiger partial charge is 0.225 e. The Balaban J connectivity index is 2.00. The van der Waals surface area contributed by atoms with Crippen LogP contribution in [0.4, 0.5) is 0 Å². The molecule has 2 heteroatoms. The van der Waals surface area contributed by atoms with Gasteiger partial charge >= 0.3 is 0 Å². The van der Waals surface area contributed by atoms with Crippen LogP contribution in [0.2, 0.25) is 0 Å². The molecule has 22 heavy (non-hydrogen) atoms. The van der Waals surface area contributed by atoms with Crippen molar-refractivity contribution < 1.29 is 4.57 Å². The number of nitrogens with zero attached hydrogens (tertiary/aromatic N) is 2. The lowest BCUT2D eigenvalue weighted by molar-refractivity contribution is -0.657. The molecule has 1 aliphatic heterocycles. The summed E-state index contributed by atoms with van der Waals surface area (Å²) in [6.07, 6.45) is 9.64. The molecule has 0 amide bonds. The lowest BCUT2D eigenvalue weighted by Gasteiger charge is -2.19. The molecule has 106 valence electrons. The lowest BCUT2D eigenvalue weighted by Crippen LogP contribution is -2.28. The maximum atomic E-state index is 2.50. The van der Waals surface area contributed by atoms with Crippen molar-refractivity contribution in [1.29, 1.82) is 0 Å². The van der Waals surface area contributed by atoms with Gasteiger partial charge in [0.15, 0.2) is 0 Å². The Morgan fingerprint density at radius 3 is 2.86 bits per heavy atom. The van der Waals surface area contributed by atoms with Gasteiger partial charge in [-0.05, 0) is 42.9 Å². The summed E-state index contributed by atoms with van der Waals surface area (Å²) in [6.45, 7) is 1.03. The summed E-state index contributed by atoms with van der Waals surface area (Å²) in [7, 11) is 0. The second kappa shape index (κ2) is 3.70. The van der Waals surface area contributed by atoms with E-state index in [0.29, 0.717) is 0 Å². The highest BCUT2D eigenvalue weighted by Crippen LogP contribution is 2.39. The summed E-state index contributed by atoms with van der Waals surface area (Å²) in [5.41, 5.74) is 7.48. The van der Waals surface area contributed by atoms with Crippen LogP contribution in [0, 0.1) is 0 Å². The topological polar surface area (TPSA) is 8.29 Å². The summed E-state index contributed by atoms with van der Waals surface area (Å²) >= 11 is 0. The Hall–Kier alpha value is -2.35. The van der Waals surface area contributed by atoms with Gasteiger partial charge in [0.05, 0.1) is 5.39 Å². The Labute approximate surface area is 128 Å². The summed E-state index contributed by atoms with van der Waals surface area (Å²) in [4.78, 5) is 0. The second-order valence-electron chi connectivity index (χ2n) is 6.77. The van der Waals surface area contributed by atoms with Gasteiger partial charge in [0, 0.05) is 16.3 Å². The van der Waals surface area contributed by atoms with Crippen LogP contribution in [0.1, 0.15) is 29.5 Å². The molecule has 2 nitrogen and oxygen atoms in total. The zero-order chi connectivity index (χ0) is 14.3. The minimum atomic E-state index is 1.03. The minimum absolute atomic E-state index is 1.03. The van der Waals surface area contributed by atoms with E-state index in [1.807, 2.05) is 0 Å². The molecular formula is C20H17N2+. The molecule has 0 bridgehead atoms. The summed E-state index contributed by atoms with van der Waals surface area (Å²) < 4.78 is 4.79. The first-order chi connectivity index (χ1) is 10.9. The maximum Gasteiger partial charge on any atom is 0.295 e. The van der Waals surface area contributed by atoms with Gasteiger partial charge in [-0.2, -0.15) is 4.40 Å². The first-order valence-corrected chi connectivity index (χ1v) is 8.30. The number of rotatable bonds is 0. The molecule has 1 aliphatic carbocycles. The Morgan fingerprint density at radius 2 is 1.86 bits per heavy atom. The van der Waals surface area contributed by atoms with Crippen molar-refractivity contribution in [3.8, 4) is 0 Å². The SMILES string of the molecule is c1ccc2c(c1)c1c3c(cc4c1c1n2cc[n+]1C4)CCCC3. The number of para-hydroxylation sites is 1. The van der Waals surface area contributed by atoms with Crippen molar-refractivity contribution in [3.63, 3.8) is 0 Å². The van der Waals surface area contributed by atoms with Crippen molar-refractivity contribution in [2.75, 3.05) is 0 Å². The number of pyridine rings is 1. The predicted molar refractivity (Wildman–Crippen MR) is 88.3 cm³/mol. The predicted octanol–water partition coefficient (Wildman–Crippen LogP) is 3.77. The molecule has 2 aliphatic rings. The summed E-state index contributed by atoms with van der Waals surface area (Å²) in [6, 6.07) is 11.4. The molecule has 2 aromatic carbocycles. The quantitative estimate of drug-likeness (QED) is 0.302. The molecule has 0 unspecified atom stereocenters. The average Bonchev–Trinajstić information content (AvgIpc) is 3.13. The molecule has 6 rings (SSSR count). The highest BCUT2D eigenvalue weighted by molar-refractivity contribution is 6.14. The van der Waals surface area contributed by atoms with Crippen LogP contribution in [-0.2, 0) is 19.4 Å². The van der Waals surface area contributed by atoms with E-state index in [1.54, 1.807) is 16.5 Å². The third kappa shape index (κ3) is 1.17. The minimum Gasteiger partial charge on any atom is -0.225 e. The number of hydrogen-bond acceptors (Lipinski definition) is 0. The van der Waals surface area contributed by atoms with E-state index in [4.69, 9.17) is 0 Å². The van der Waals surface area contributed by atoms with Crippen molar-refractivity contribution >= 4 is 27.3 Å². The molecule has 4 aromatic rings. The number of aryl methyl sites for hydroxylation is 2. The molecule has 0 spiro atoms. The van der Waals surface area contributed by atoms with E-state index in [-0.39, 0.29) is 0 Å². The van der Waals surface area contributed by atoms with Gasteiger partial charge in [-0.25, -0.2) is 4.57 Å². The van der Waals surface area contributed by atoms with Crippen LogP contribution in [0.15, 0.2) is 42.7 Å². The van der Waals surface area contributed by atoms with Crippen molar-refractivity contribution in [3.05, 3.63) is 59.4 Å². The average molecular weight is 285 g/mol. The van der Waals surface area contributed by atoms with E-state index < -0.39 is 0 Å². The third-order valence-corrected chi connectivity index (χ3v) is 5.63. The van der Waals surface area contributed by atoms with Gasteiger partial charge in [0.2, 0.25) is 0 Å². The lowest BCUT2D eigenvalue weighted by atomic mass is 9.85. The number of aromatic nitrogens is 2. The molecule has 0 fully saturated rings. The zero-order valence-corrected chi connectivity index (χ0v) is 12.5. The largest absolute Gasteiger partial charge is 0.295 e. The zero-order valence-electron chi connectivity index (χ0n) is 12.5. The molecule has 0 atom stereocenters. The number of fused-ring (bicyclic) bond motifs is 5. The highest BCUT2D eigenvalue weighted by Gasteiger charge is 2.30. The highest BCUT2D eigenvalue weighted by atomic mass is 15.1. The summed E-state index contributed by atoms with van der Waals surface area (Å²) in [5.74, 6) is 0. The van der Waals surface area contributed by atoms with Crippen LogP contribution in [0.5, 0.6) is 0 Å². The van der Waals surface area contributed by atoms with Crippen LogP contribution in [0.3, 0.4) is 0 Å². The van der Waals surface area contributed by atoms with E-state index in [2.05, 4.69) is 51.7 Å². The van der Waals surface area contributed by atoms with E-state index in [0.717, 1.165) is 6.54 Å². The fourth-order valence-electron chi connectivity index (χ4n) is 4.74. The molecule has 3 heterocycles. The van der Waals surface area contributed by atoms with Gasteiger partial charge < -0.3 is 0 Å². The monoisotopic (exact) mass is 285 g/mol. The van der Waals surface area contributed by atoms with E-state index in [1.165, 1.54) is 53.2 Å². The molecule has 2 aromatic heterocycles. The standard InChI is InChI=1S/C20H17N2/c1-2-6-15-13(5-1)11-14-12-21-9-10-22-17-8-4-3-7-16(17)19(15)18(14)20(21)22/h3-4,7-11H,1-2,5-6,12H2/q+1. The second-order valence-corrected chi connectivity index (χ2v) is 6.77. The number of imidazole rings is 1. The summed E-state index contributed by atoms with van der Waals surface area (Å²) in [5, 5.41) is 4.47. The molecular weight excluding hydrogens is 268 g/mol. The fraction of sp³-hybridized carbons (Fsp3) is 0.250. The maximum absolute atomic E-state index is 2.50. The number of hydrogen-bond donors (Lipinski definition) is 0. The molecule has 0 saturated heterocycles. The van der Waals surface area contributed by atoms with Crippen LogP contribution in [-0.4, -0.2) is 4.40 Å². The van der Waals surface area contributed by atoms with Crippen LogP contribution in [0.25, 0.3) is 27.3 Å². The van der Waals surface area contributed by atoms with Crippen molar-refractivity contribution in [1.82, 2.24) is 4.40 Å². The van der Waals surface area contributed by atoms with Crippen LogP contribution >= 0.6 is 0 Å². The van der Waals surface area contributed by atoms with Gasteiger partial charge in [0.1, 0.15) is 24.5 Å². The fourth-order valence-corrected chi connectivity index (χ4v) is 4.74. The third-order valence-electron chi connectivity index (χ3n) is 5.63. The Kier molecular flexibility index (Phi) is 1.89. The molecule has 0 saturated carbocycles. The van der Waals surface area contributed by atoms with Crippen molar-refractivity contribution in [2.45, 2.75) is 32.2 Å². The number of benzene rings is 2. The molecule has 0 N–H and O–H groups in total. The van der Waals surface area contributed by atoms with Crippen LogP contribution < -0.4 is 4.57 Å².